The zero-order valence-electron chi connectivity index (χ0n) is 12.7. The van der Waals surface area contributed by atoms with Crippen molar-refractivity contribution in [3.8, 4) is 0 Å². The van der Waals surface area contributed by atoms with Crippen molar-refractivity contribution in [2.24, 2.45) is 0 Å². The molecule has 2 heterocycles. The van der Waals surface area contributed by atoms with Gasteiger partial charge in [-0.3, -0.25) is 9.80 Å². The summed E-state index contributed by atoms with van der Waals surface area (Å²) in [5.41, 5.74) is 2.27. The summed E-state index contributed by atoms with van der Waals surface area (Å²) in [7, 11) is 0. The van der Waals surface area contributed by atoms with Crippen LogP contribution in [0.1, 0.15) is 32.9 Å². The van der Waals surface area contributed by atoms with Gasteiger partial charge in [0.15, 0.2) is 0 Å². The van der Waals surface area contributed by atoms with E-state index >= 15 is 0 Å². The topological polar surface area (TPSA) is 76.9 Å². The predicted molar refractivity (Wildman–Crippen MR) is 81.4 cm³/mol. The summed E-state index contributed by atoms with van der Waals surface area (Å²) in [6, 6.07) is -0.353. The lowest BCUT2D eigenvalue weighted by Crippen LogP contribution is -2.60. The van der Waals surface area contributed by atoms with E-state index in [1.165, 1.54) is 4.90 Å². The predicted octanol–water partition coefficient (Wildman–Crippen LogP) is 1.86. The summed E-state index contributed by atoms with van der Waals surface area (Å²) in [5, 5.41) is 21.8. The van der Waals surface area contributed by atoms with Crippen LogP contribution in [0.4, 0.5) is 4.79 Å². The molecular weight excluding hydrogens is 290 g/mol. The Labute approximate surface area is 129 Å². The van der Waals surface area contributed by atoms with E-state index < -0.39 is 17.7 Å². The molecule has 1 saturated heterocycles. The molecule has 1 aliphatic rings. The first-order valence-corrected chi connectivity index (χ1v) is 8.03. The summed E-state index contributed by atoms with van der Waals surface area (Å²) in [6.45, 7) is 7.51. The van der Waals surface area contributed by atoms with Gasteiger partial charge in [0.1, 0.15) is 0 Å². The van der Waals surface area contributed by atoms with Crippen LogP contribution in [0.15, 0.2) is 10.9 Å². The Morgan fingerprint density at radius 3 is 2.76 bits per heavy atom. The van der Waals surface area contributed by atoms with Gasteiger partial charge < -0.3 is 10.2 Å². The number of amides is 1. The Bertz CT molecular complexity index is 472. The number of carboxylic acid groups (broad SMARTS) is 1. The lowest BCUT2D eigenvalue weighted by Gasteiger charge is -2.45. The van der Waals surface area contributed by atoms with E-state index in [4.69, 9.17) is 0 Å². The summed E-state index contributed by atoms with van der Waals surface area (Å²) in [4.78, 5) is 19.3. The number of hydrogen-bond acceptors (Lipinski definition) is 5. The molecule has 1 aromatic heterocycles. The molecule has 1 amide bonds. The van der Waals surface area contributed by atoms with Crippen molar-refractivity contribution >= 4 is 17.4 Å². The van der Waals surface area contributed by atoms with Crippen molar-refractivity contribution in [1.29, 1.82) is 0 Å². The Morgan fingerprint density at radius 1 is 1.57 bits per heavy atom. The highest BCUT2D eigenvalue weighted by molar-refractivity contribution is 7.07. The molecule has 0 unspecified atom stereocenters. The van der Waals surface area contributed by atoms with Crippen LogP contribution in [0.3, 0.4) is 0 Å². The molecule has 0 aromatic carbocycles. The van der Waals surface area contributed by atoms with Gasteiger partial charge in [0.25, 0.3) is 0 Å². The van der Waals surface area contributed by atoms with Gasteiger partial charge in [-0.2, -0.15) is 0 Å². The smallest absolute Gasteiger partial charge is 0.408 e. The van der Waals surface area contributed by atoms with E-state index in [-0.39, 0.29) is 6.04 Å². The third-order valence-corrected chi connectivity index (χ3v) is 4.40. The summed E-state index contributed by atoms with van der Waals surface area (Å²) in [5.74, 6) is 0. The van der Waals surface area contributed by atoms with Gasteiger partial charge >= 0.3 is 6.09 Å². The van der Waals surface area contributed by atoms with Crippen LogP contribution in [0.5, 0.6) is 0 Å². The maximum absolute atomic E-state index is 11.5. The third-order valence-electron chi connectivity index (χ3n) is 3.76. The van der Waals surface area contributed by atoms with E-state index in [2.05, 4.69) is 9.88 Å². The molecule has 0 radical (unpaired) electrons. The van der Waals surface area contributed by atoms with Gasteiger partial charge in [-0.05, 0) is 27.2 Å². The Morgan fingerprint density at radius 2 is 2.29 bits per heavy atom. The van der Waals surface area contributed by atoms with Crippen molar-refractivity contribution in [2.75, 3.05) is 13.1 Å². The first-order chi connectivity index (χ1) is 9.79. The minimum absolute atomic E-state index is 0.353. The molecular formula is C14H23N3O3S. The second kappa shape index (κ2) is 6.29. The molecule has 1 aliphatic heterocycles. The van der Waals surface area contributed by atoms with Crippen LogP contribution in [0, 0.1) is 0 Å². The van der Waals surface area contributed by atoms with E-state index in [0.717, 1.165) is 12.2 Å². The highest BCUT2D eigenvalue weighted by atomic mass is 32.1. The molecule has 0 saturated carbocycles. The molecule has 2 N–H and O–H groups in total. The highest BCUT2D eigenvalue weighted by Gasteiger charge is 2.39. The number of nitrogens with zero attached hydrogens (tertiary/aromatic N) is 3. The standard InChI is InChI=1S/C14H23N3O3S/c1-14(2,3)17(13(19)20)11-4-5-16(7-12(11)18)6-10-8-21-9-15-10/h8-9,11-12,18H,4-7H2,1-3H3,(H,19,20)/t11-,12+/m0/s1. The molecule has 21 heavy (non-hydrogen) atoms. The number of likely N-dealkylation sites (tertiary alicyclic amines) is 1. The first-order valence-electron chi connectivity index (χ1n) is 7.09. The van der Waals surface area contributed by atoms with Gasteiger partial charge in [-0.15, -0.1) is 11.3 Å². The van der Waals surface area contributed by atoms with Gasteiger partial charge in [-0.25, -0.2) is 9.78 Å². The van der Waals surface area contributed by atoms with Crippen molar-refractivity contribution in [1.82, 2.24) is 14.8 Å². The fraction of sp³-hybridized carbons (Fsp3) is 0.714. The van der Waals surface area contributed by atoms with Crippen LogP contribution < -0.4 is 0 Å². The van der Waals surface area contributed by atoms with Gasteiger partial charge in [0.2, 0.25) is 0 Å². The van der Waals surface area contributed by atoms with Gasteiger partial charge in [0.05, 0.1) is 23.4 Å². The number of piperidine rings is 1. The van der Waals surface area contributed by atoms with E-state index in [0.29, 0.717) is 19.5 Å². The molecule has 118 valence electrons. The lowest BCUT2D eigenvalue weighted by molar-refractivity contribution is -0.0369. The van der Waals surface area contributed by atoms with Crippen LogP contribution >= 0.6 is 11.3 Å². The maximum atomic E-state index is 11.5. The van der Waals surface area contributed by atoms with Crippen molar-refractivity contribution < 1.29 is 15.0 Å². The second-order valence-electron chi connectivity index (χ2n) is 6.46. The molecule has 7 heteroatoms. The minimum atomic E-state index is -0.973. The molecule has 2 atom stereocenters. The average molecular weight is 313 g/mol. The third kappa shape index (κ3) is 3.93. The fourth-order valence-electron chi connectivity index (χ4n) is 2.90. The molecule has 0 bridgehead atoms. The van der Waals surface area contributed by atoms with E-state index in [1.54, 1.807) is 16.8 Å². The fourth-order valence-corrected chi connectivity index (χ4v) is 3.45. The second-order valence-corrected chi connectivity index (χ2v) is 7.18. The summed E-state index contributed by atoms with van der Waals surface area (Å²) < 4.78 is 0. The van der Waals surface area contributed by atoms with Crippen LogP contribution in [-0.2, 0) is 6.54 Å². The number of β-amino-alcohol motifs (C(OH)–C–C–N with tert-alkyl or cyclic N) is 1. The minimum Gasteiger partial charge on any atom is -0.465 e. The zero-order valence-corrected chi connectivity index (χ0v) is 13.5. The normalized spacial score (nSPS) is 24.0. The number of aliphatic hydroxyl groups is 1. The van der Waals surface area contributed by atoms with Crippen molar-refractivity contribution in [2.45, 2.75) is 51.4 Å². The monoisotopic (exact) mass is 313 g/mol. The molecule has 1 aromatic rings. The number of aliphatic hydroxyl groups excluding tert-OH is 1. The highest BCUT2D eigenvalue weighted by Crippen LogP contribution is 2.25. The Hall–Kier alpha value is -1.18. The number of thiazole rings is 1. The van der Waals surface area contributed by atoms with Gasteiger partial charge in [0, 0.05) is 30.6 Å². The maximum Gasteiger partial charge on any atom is 0.408 e. The van der Waals surface area contributed by atoms with Crippen LogP contribution in [0.25, 0.3) is 0 Å². The average Bonchev–Trinajstić information content (AvgIpc) is 2.83. The Kier molecular flexibility index (Phi) is 4.85. The molecule has 0 spiro atoms. The molecule has 0 aliphatic carbocycles. The van der Waals surface area contributed by atoms with Crippen LogP contribution in [0.2, 0.25) is 0 Å². The molecule has 6 nitrogen and oxygen atoms in total. The number of hydrogen-bond donors (Lipinski definition) is 2. The number of carbonyl (C=O) groups is 1. The zero-order chi connectivity index (χ0) is 15.6. The lowest BCUT2D eigenvalue weighted by atomic mass is 9.95. The first kappa shape index (κ1) is 16.2. The quantitative estimate of drug-likeness (QED) is 0.890. The van der Waals surface area contributed by atoms with Gasteiger partial charge in [-0.1, -0.05) is 0 Å². The molecule has 1 fully saturated rings. The SMILES string of the molecule is CC(C)(C)N(C(=O)O)[C@H]1CCN(Cc2cscn2)C[C@H]1O. The Balaban J connectivity index is 2.01. The van der Waals surface area contributed by atoms with Crippen LogP contribution in [-0.4, -0.2) is 61.9 Å². The largest absolute Gasteiger partial charge is 0.465 e. The van der Waals surface area contributed by atoms with Crippen molar-refractivity contribution in [3.63, 3.8) is 0 Å². The van der Waals surface area contributed by atoms with E-state index in [9.17, 15) is 15.0 Å². The number of rotatable bonds is 3. The van der Waals surface area contributed by atoms with Crippen molar-refractivity contribution in [3.05, 3.63) is 16.6 Å². The van der Waals surface area contributed by atoms with E-state index in [1.807, 2.05) is 26.2 Å². The summed E-state index contributed by atoms with van der Waals surface area (Å²) in [6.07, 6.45) is -1.01. The summed E-state index contributed by atoms with van der Waals surface area (Å²) >= 11 is 1.56. The molecule has 2 rings (SSSR count). The number of aromatic nitrogens is 1.